The Morgan fingerprint density at radius 1 is 1.38 bits per heavy atom. The van der Waals surface area contributed by atoms with Crippen LogP contribution in [-0.4, -0.2) is 12.0 Å². The molecular formula is C12H13BrN2S. The Labute approximate surface area is 108 Å². The second-order valence-electron chi connectivity index (χ2n) is 3.58. The predicted octanol–water partition coefficient (Wildman–Crippen LogP) is 3.60. The molecule has 0 bridgehead atoms. The average molecular weight is 297 g/mol. The third kappa shape index (κ3) is 2.34. The first-order chi connectivity index (χ1) is 7.72. The third-order valence-electron chi connectivity index (χ3n) is 2.36. The van der Waals surface area contributed by atoms with Crippen LogP contribution in [0.3, 0.4) is 0 Å². The molecule has 1 aromatic carbocycles. The van der Waals surface area contributed by atoms with Crippen molar-refractivity contribution in [3.8, 4) is 10.6 Å². The molecule has 0 atom stereocenters. The lowest BCUT2D eigenvalue weighted by Crippen LogP contribution is -2.03. The van der Waals surface area contributed by atoms with E-state index in [4.69, 9.17) is 0 Å². The van der Waals surface area contributed by atoms with Gasteiger partial charge < -0.3 is 5.32 Å². The van der Waals surface area contributed by atoms with Gasteiger partial charge in [0.25, 0.3) is 0 Å². The second-order valence-corrected chi connectivity index (χ2v) is 5.41. The molecule has 2 aromatic rings. The van der Waals surface area contributed by atoms with Gasteiger partial charge in [0.1, 0.15) is 9.61 Å². The van der Waals surface area contributed by atoms with Gasteiger partial charge in [-0.05, 0) is 35.5 Å². The molecule has 1 aromatic heterocycles. The van der Waals surface area contributed by atoms with Gasteiger partial charge in [-0.25, -0.2) is 4.98 Å². The molecule has 2 rings (SSSR count). The first kappa shape index (κ1) is 11.8. The van der Waals surface area contributed by atoms with Crippen LogP contribution in [0.2, 0.25) is 0 Å². The molecule has 2 nitrogen and oxygen atoms in total. The first-order valence-electron chi connectivity index (χ1n) is 5.08. The maximum atomic E-state index is 4.56. The van der Waals surface area contributed by atoms with Crippen LogP contribution in [0.5, 0.6) is 0 Å². The molecule has 0 amide bonds. The van der Waals surface area contributed by atoms with Crippen molar-refractivity contribution in [1.82, 2.24) is 10.3 Å². The highest BCUT2D eigenvalue weighted by atomic mass is 79.9. The summed E-state index contributed by atoms with van der Waals surface area (Å²) in [5.41, 5.74) is 2.48. The van der Waals surface area contributed by atoms with Crippen LogP contribution in [0.15, 0.2) is 28.9 Å². The van der Waals surface area contributed by atoms with Crippen molar-refractivity contribution in [3.63, 3.8) is 0 Å². The zero-order valence-corrected chi connectivity index (χ0v) is 11.7. The number of aromatic nitrogens is 1. The highest BCUT2D eigenvalue weighted by Crippen LogP contribution is 2.32. The smallest absolute Gasteiger partial charge is 0.125 e. The van der Waals surface area contributed by atoms with Crippen molar-refractivity contribution >= 4 is 27.3 Å². The average Bonchev–Trinajstić information content (AvgIpc) is 2.61. The number of rotatable bonds is 3. The number of aryl methyl sites for hydroxylation is 1. The number of halogens is 1. The topological polar surface area (TPSA) is 24.9 Å². The fourth-order valence-corrected chi connectivity index (χ4v) is 3.26. The van der Waals surface area contributed by atoms with Crippen LogP contribution >= 0.6 is 27.3 Å². The standard InChI is InChI=1S/C12H13BrN2S/c1-8-5-3-4-6-9(8)12-15-11(13)10(16-12)7-14-2/h3-6,14H,7H2,1-2H3. The van der Waals surface area contributed by atoms with Gasteiger partial charge >= 0.3 is 0 Å². The zero-order chi connectivity index (χ0) is 11.5. The number of nitrogens with one attached hydrogen (secondary N) is 1. The molecule has 16 heavy (non-hydrogen) atoms. The fraction of sp³-hybridized carbons (Fsp3) is 0.250. The van der Waals surface area contributed by atoms with Gasteiger partial charge in [0.2, 0.25) is 0 Å². The molecule has 84 valence electrons. The van der Waals surface area contributed by atoms with Gasteiger partial charge in [0.15, 0.2) is 0 Å². The van der Waals surface area contributed by atoms with E-state index >= 15 is 0 Å². The maximum Gasteiger partial charge on any atom is 0.125 e. The van der Waals surface area contributed by atoms with Crippen LogP contribution in [0.4, 0.5) is 0 Å². The van der Waals surface area contributed by atoms with Crippen molar-refractivity contribution in [2.24, 2.45) is 0 Å². The molecule has 1 heterocycles. The van der Waals surface area contributed by atoms with E-state index in [1.54, 1.807) is 11.3 Å². The summed E-state index contributed by atoms with van der Waals surface area (Å²) < 4.78 is 0.949. The SMILES string of the molecule is CNCc1sc(-c2ccccc2C)nc1Br. The van der Waals surface area contributed by atoms with Gasteiger partial charge in [0.05, 0.1) is 4.88 Å². The Kier molecular flexibility index (Phi) is 3.74. The maximum absolute atomic E-state index is 4.56. The Bertz CT molecular complexity index is 494. The van der Waals surface area contributed by atoms with Gasteiger partial charge in [-0.15, -0.1) is 11.3 Å². The summed E-state index contributed by atoms with van der Waals surface area (Å²) in [6.45, 7) is 2.96. The van der Waals surface area contributed by atoms with Crippen LogP contribution in [0, 0.1) is 6.92 Å². The van der Waals surface area contributed by atoms with Crippen molar-refractivity contribution in [2.75, 3.05) is 7.05 Å². The van der Waals surface area contributed by atoms with Gasteiger partial charge in [-0.3, -0.25) is 0 Å². The van der Waals surface area contributed by atoms with Crippen LogP contribution in [0.1, 0.15) is 10.4 Å². The minimum absolute atomic E-state index is 0.851. The molecule has 4 heteroatoms. The fourth-order valence-electron chi connectivity index (χ4n) is 1.53. The summed E-state index contributed by atoms with van der Waals surface area (Å²) in [6, 6.07) is 8.33. The molecular weight excluding hydrogens is 284 g/mol. The molecule has 0 fully saturated rings. The lowest BCUT2D eigenvalue weighted by molar-refractivity contribution is 0.825. The summed E-state index contributed by atoms with van der Waals surface area (Å²) in [5.74, 6) is 0. The lowest BCUT2D eigenvalue weighted by atomic mass is 10.1. The minimum atomic E-state index is 0.851. The monoisotopic (exact) mass is 296 g/mol. The molecule has 0 unspecified atom stereocenters. The third-order valence-corrected chi connectivity index (χ3v) is 4.37. The lowest BCUT2D eigenvalue weighted by Gasteiger charge is -1.99. The normalized spacial score (nSPS) is 10.7. The summed E-state index contributed by atoms with van der Waals surface area (Å²) in [7, 11) is 1.94. The molecule has 0 saturated heterocycles. The van der Waals surface area contributed by atoms with Crippen molar-refractivity contribution < 1.29 is 0 Å². The molecule has 0 saturated carbocycles. The molecule has 0 aliphatic carbocycles. The van der Waals surface area contributed by atoms with E-state index < -0.39 is 0 Å². The van der Waals surface area contributed by atoms with Crippen molar-refractivity contribution in [3.05, 3.63) is 39.3 Å². The Morgan fingerprint density at radius 3 is 2.81 bits per heavy atom. The van der Waals surface area contributed by atoms with E-state index in [0.717, 1.165) is 16.2 Å². The quantitative estimate of drug-likeness (QED) is 0.936. The number of thiazole rings is 1. The van der Waals surface area contributed by atoms with Crippen molar-refractivity contribution in [2.45, 2.75) is 13.5 Å². The van der Waals surface area contributed by atoms with Gasteiger partial charge in [-0.2, -0.15) is 0 Å². The van der Waals surface area contributed by atoms with E-state index in [1.807, 2.05) is 7.05 Å². The van der Waals surface area contributed by atoms with Gasteiger partial charge in [0, 0.05) is 12.1 Å². The van der Waals surface area contributed by atoms with E-state index in [9.17, 15) is 0 Å². The zero-order valence-electron chi connectivity index (χ0n) is 9.25. The highest BCUT2D eigenvalue weighted by molar-refractivity contribution is 9.10. The molecule has 0 spiro atoms. The van der Waals surface area contributed by atoms with Crippen LogP contribution < -0.4 is 5.32 Å². The molecule has 0 aliphatic rings. The summed E-state index contributed by atoms with van der Waals surface area (Å²) in [5, 5.41) is 4.22. The largest absolute Gasteiger partial charge is 0.315 e. The summed E-state index contributed by atoms with van der Waals surface area (Å²) in [4.78, 5) is 5.79. The van der Waals surface area contributed by atoms with E-state index in [-0.39, 0.29) is 0 Å². The number of hydrogen-bond acceptors (Lipinski definition) is 3. The van der Waals surface area contributed by atoms with Crippen molar-refractivity contribution in [1.29, 1.82) is 0 Å². The van der Waals surface area contributed by atoms with Crippen LogP contribution in [-0.2, 0) is 6.54 Å². The minimum Gasteiger partial charge on any atom is -0.315 e. The second kappa shape index (κ2) is 5.08. The highest BCUT2D eigenvalue weighted by Gasteiger charge is 2.10. The first-order valence-corrected chi connectivity index (χ1v) is 6.69. The molecule has 1 N–H and O–H groups in total. The van der Waals surface area contributed by atoms with E-state index in [0.29, 0.717) is 0 Å². The van der Waals surface area contributed by atoms with E-state index in [1.165, 1.54) is 16.0 Å². The predicted molar refractivity (Wildman–Crippen MR) is 72.8 cm³/mol. The number of nitrogens with zero attached hydrogens (tertiary/aromatic N) is 1. The molecule has 0 aliphatic heterocycles. The molecule has 0 radical (unpaired) electrons. The van der Waals surface area contributed by atoms with E-state index in [2.05, 4.69) is 57.4 Å². The van der Waals surface area contributed by atoms with Gasteiger partial charge in [-0.1, -0.05) is 24.3 Å². The summed E-state index contributed by atoms with van der Waals surface area (Å²) >= 11 is 5.23. The number of hydrogen-bond donors (Lipinski definition) is 1. The Hall–Kier alpha value is -0.710. The Balaban J connectivity index is 2.42. The Morgan fingerprint density at radius 2 is 2.12 bits per heavy atom. The van der Waals surface area contributed by atoms with Crippen LogP contribution in [0.25, 0.3) is 10.6 Å². The number of benzene rings is 1. The summed E-state index contributed by atoms with van der Waals surface area (Å²) in [6.07, 6.45) is 0.